The van der Waals surface area contributed by atoms with Crippen molar-refractivity contribution in [2.75, 3.05) is 30.4 Å². The zero-order valence-electron chi connectivity index (χ0n) is 20.9. The van der Waals surface area contributed by atoms with Crippen LogP contribution in [0.3, 0.4) is 0 Å². The summed E-state index contributed by atoms with van der Waals surface area (Å²) in [7, 11) is 0. The number of carbonyl (C=O) groups is 3. The first-order valence-electron chi connectivity index (χ1n) is 11.4. The fourth-order valence-electron chi connectivity index (χ4n) is 2.75. The molecular weight excluding hydrogens is 483 g/mol. The van der Waals surface area contributed by atoms with Crippen LogP contribution in [0.1, 0.15) is 74.1 Å². The van der Waals surface area contributed by atoms with Crippen molar-refractivity contribution in [1.29, 1.82) is 0 Å². The van der Waals surface area contributed by atoms with Crippen LogP contribution in [0.4, 0.5) is 0 Å². The minimum atomic E-state index is -0.171. The lowest BCUT2D eigenvalue weighted by Crippen LogP contribution is -2.24. The molecule has 1 amide bonds. The van der Waals surface area contributed by atoms with Crippen LogP contribution in [0.2, 0.25) is 0 Å². The Morgan fingerprint density at radius 3 is 2.22 bits per heavy atom. The average molecular weight is 526 g/mol. The molecule has 3 atom stereocenters. The van der Waals surface area contributed by atoms with E-state index >= 15 is 0 Å². The smallest absolute Gasteiger partial charge is 0.216 e. The molecule has 0 aromatic carbocycles. The fraction of sp³-hybridized carbons (Fsp3) is 0.870. The highest BCUT2D eigenvalue weighted by Crippen LogP contribution is 2.31. The standard InChI is InChI=1S/C23H43NO4S4/c1-8-29-18(3)15-21(26)31-13-9-17(2)28-12-10-23(6,7)32-22(27)16-19(4)30-14-11-24-20(5)25/h17-19H,8-16H2,1-7H3,(H,24,25). The predicted molar refractivity (Wildman–Crippen MR) is 146 cm³/mol. The summed E-state index contributed by atoms with van der Waals surface area (Å²) < 4.78 is 5.76. The Hall–Kier alpha value is 0.170. The van der Waals surface area contributed by atoms with Crippen molar-refractivity contribution >= 4 is 63.2 Å². The molecule has 32 heavy (non-hydrogen) atoms. The zero-order chi connectivity index (χ0) is 24.6. The van der Waals surface area contributed by atoms with E-state index in [1.54, 1.807) is 11.8 Å². The Kier molecular flexibility index (Phi) is 18.6. The summed E-state index contributed by atoms with van der Waals surface area (Å²) in [5.41, 5.74) is 0. The van der Waals surface area contributed by atoms with Crippen molar-refractivity contribution in [2.24, 2.45) is 0 Å². The highest BCUT2D eigenvalue weighted by Gasteiger charge is 2.24. The van der Waals surface area contributed by atoms with Gasteiger partial charge in [0.2, 0.25) is 5.91 Å². The van der Waals surface area contributed by atoms with Gasteiger partial charge >= 0.3 is 0 Å². The third-order valence-corrected chi connectivity index (χ3v) is 8.85. The van der Waals surface area contributed by atoms with Gasteiger partial charge in [-0.25, -0.2) is 0 Å². The molecule has 0 saturated carbocycles. The zero-order valence-corrected chi connectivity index (χ0v) is 24.1. The van der Waals surface area contributed by atoms with Crippen LogP contribution in [0.5, 0.6) is 0 Å². The van der Waals surface area contributed by atoms with E-state index in [1.165, 1.54) is 30.4 Å². The molecule has 0 saturated heterocycles. The van der Waals surface area contributed by atoms with Crippen LogP contribution in [0.15, 0.2) is 0 Å². The Morgan fingerprint density at radius 1 is 0.969 bits per heavy atom. The van der Waals surface area contributed by atoms with Crippen molar-refractivity contribution in [3.63, 3.8) is 0 Å². The molecule has 0 aliphatic rings. The van der Waals surface area contributed by atoms with E-state index in [0.717, 1.165) is 30.1 Å². The second-order valence-electron chi connectivity index (χ2n) is 8.51. The molecule has 0 aromatic heterocycles. The van der Waals surface area contributed by atoms with Gasteiger partial charge in [0.05, 0.1) is 6.10 Å². The average Bonchev–Trinajstić information content (AvgIpc) is 2.64. The number of thioether (sulfide) groups is 4. The summed E-state index contributed by atoms with van der Waals surface area (Å²) in [6.07, 6.45) is 2.91. The summed E-state index contributed by atoms with van der Waals surface area (Å²) in [5.74, 6) is 2.63. The summed E-state index contributed by atoms with van der Waals surface area (Å²) in [6.45, 7) is 15.3. The largest absolute Gasteiger partial charge is 0.378 e. The first-order valence-corrected chi connectivity index (χ1v) is 15.3. The molecule has 0 aromatic rings. The fourth-order valence-corrected chi connectivity index (χ4v) is 6.87. The number of hydrogen-bond donors (Lipinski definition) is 1. The first-order chi connectivity index (χ1) is 14.9. The van der Waals surface area contributed by atoms with Gasteiger partial charge in [-0.2, -0.15) is 23.5 Å². The SMILES string of the molecule is CCSC(C)CC(=O)SCCC(C)OCCC(C)(C)SC(=O)CC(C)SCCNC(C)=O. The van der Waals surface area contributed by atoms with Crippen molar-refractivity contribution < 1.29 is 19.1 Å². The molecule has 0 aliphatic heterocycles. The lowest BCUT2D eigenvalue weighted by Gasteiger charge is -2.24. The number of hydrogen-bond acceptors (Lipinski definition) is 8. The van der Waals surface area contributed by atoms with E-state index < -0.39 is 0 Å². The molecule has 1 N–H and O–H groups in total. The maximum Gasteiger partial charge on any atom is 0.216 e. The Bertz CT molecular complexity index is 560. The minimum absolute atomic E-state index is 0.0216. The quantitative estimate of drug-likeness (QED) is 0.230. The molecule has 0 radical (unpaired) electrons. The van der Waals surface area contributed by atoms with E-state index in [9.17, 15) is 14.4 Å². The highest BCUT2D eigenvalue weighted by atomic mass is 32.2. The minimum Gasteiger partial charge on any atom is -0.378 e. The van der Waals surface area contributed by atoms with Crippen LogP contribution in [0, 0.1) is 0 Å². The van der Waals surface area contributed by atoms with Gasteiger partial charge in [-0.3, -0.25) is 14.4 Å². The van der Waals surface area contributed by atoms with Crippen LogP contribution < -0.4 is 5.32 Å². The summed E-state index contributed by atoms with van der Waals surface area (Å²) >= 11 is 6.36. The predicted octanol–water partition coefficient (Wildman–Crippen LogP) is 5.65. The number of rotatable bonds is 18. The molecular formula is C23H43NO4S4. The van der Waals surface area contributed by atoms with Gasteiger partial charge in [-0.05, 0) is 25.5 Å². The first kappa shape index (κ1) is 32.2. The van der Waals surface area contributed by atoms with Gasteiger partial charge in [-0.1, -0.05) is 58.1 Å². The molecule has 0 spiro atoms. The molecule has 3 unspecified atom stereocenters. The van der Waals surface area contributed by atoms with Crippen LogP contribution in [-0.4, -0.2) is 67.9 Å². The third kappa shape index (κ3) is 19.6. The number of ether oxygens (including phenoxy) is 1. The van der Waals surface area contributed by atoms with Crippen molar-refractivity contribution in [1.82, 2.24) is 5.32 Å². The molecule has 0 fully saturated rings. The van der Waals surface area contributed by atoms with Crippen molar-refractivity contribution in [2.45, 2.75) is 95.5 Å². The van der Waals surface area contributed by atoms with Gasteiger partial charge < -0.3 is 10.1 Å². The maximum absolute atomic E-state index is 12.4. The Labute approximate surface area is 212 Å². The third-order valence-electron chi connectivity index (χ3n) is 4.52. The Balaban J connectivity index is 3.98. The van der Waals surface area contributed by atoms with Gasteiger partial charge in [0.25, 0.3) is 0 Å². The van der Waals surface area contributed by atoms with Gasteiger partial charge in [0.15, 0.2) is 10.2 Å². The van der Waals surface area contributed by atoms with Gasteiger partial charge in [-0.15, -0.1) is 0 Å². The lowest BCUT2D eigenvalue weighted by molar-refractivity contribution is -0.119. The monoisotopic (exact) mass is 525 g/mol. The van der Waals surface area contributed by atoms with E-state index in [1.807, 2.05) is 18.7 Å². The topological polar surface area (TPSA) is 72.5 Å². The summed E-state index contributed by atoms with van der Waals surface area (Å²) in [4.78, 5) is 35.3. The van der Waals surface area contributed by atoms with Crippen molar-refractivity contribution in [3.8, 4) is 0 Å². The molecule has 0 bridgehead atoms. The number of carbonyl (C=O) groups excluding carboxylic acids is 3. The highest BCUT2D eigenvalue weighted by molar-refractivity contribution is 8.14. The van der Waals surface area contributed by atoms with Crippen LogP contribution >= 0.6 is 47.0 Å². The second-order valence-corrected chi connectivity index (χ2v) is 14.7. The van der Waals surface area contributed by atoms with E-state index in [-0.39, 0.29) is 32.2 Å². The molecule has 5 nitrogen and oxygen atoms in total. The molecule has 188 valence electrons. The number of amides is 1. The molecule has 9 heteroatoms. The molecule has 0 heterocycles. The van der Waals surface area contributed by atoms with E-state index in [4.69, 9.17) is 4.74 Å². The number of nitrogens with one attached hydrogen (secondary N) is 1. The lowest BCUT2D eigenvalue weighted by atomic mass is 10.1. The summed E-state index contributed by atoms with van der Waals surface area (Å²) in [5, 5.41) is 3.87. The van der Waals surface area contributed by atoms with Crippen LogP contribution in [-0.2, 0) is 19.1 Å². The van der Waals surface area contributed by atoms with Gasteiger partial charge in [0, 0.05) is 59.7 Å². The molecule has 0 aliphatic carbocycles. The molecule has 0 rings (SSSR count). The Morgan fingerprint density at radius 2 is 1.59 bits per heavy atom. The normalized spacial score (nSPS) is 14.6. The van der Waals surface area contributed by atoms with Gasteiger partial charge in [0.1, 0.15) is 0 Å². The van der Waals surface area contributed by atoms with E-state index in [2.05, 4.69) is 39.9 Å². The van der Waals surface area contributed by atoms with E-state index in [0.29, 0.717) is 31.2 Å². The summed E-state index contributed by atoms with van der Waals surface area (Å²) in [6, 6.07) is 0. The maximum atomic E-state index is 12.4. The van der Waals surface area contributed by atoms with Crippen molar-refractivity contribution in [3.05, 3.63) is 0 Å². The van der Waals surface area contributed by atoms with Crippen LogP contribution in [0.25, 0.3) is 0 Å². The second kappa shape index (κ2) is 18.5.